The molecule has 1 amide bonds. The van der Waals surface area contributed by atoms with E-state index in [2.05, 4.69) is 20.8 Å². The summed E-state index contributed by atoms with van der Waals surface area (Å²) in [6.45, 7) is 6.40. The fourth-order valence-corrected chi connectivity index (χ4v) is 2.73. The van der Waals surface area contributed by atoms with E-state index in [9.17, 15) is 9.59 Å². The van der Waals surface area contributed by atoms with E-state index < -0.39 is 0 Å². The highest BCUT2D eigenvalue weighted by Crippen LogP contribution is 2.37. The molecule has 1 saturated heterocycles. The molecule has 0 spiro atoms. The Labute approximate surface area is 119 Å². The Balaban J connectivity index is 2.38. The summed E-state index contributed by atoms with van der Waals surface area (Å²) >= 11 is 0. The van der Waals surface area contributed by atoms with Crippen LogP contribution in [-0.4, -0.2) is 25.0 Å². The van der Waals surface area contributed by atoms with E-state index in [1.807, 2.05) is 11.0 Å². The van der Waals surface area contributed by atoms with Gasteiger partial charge in [0.05, 0.1) is 12.7 Å². The molecule has 1 atom stereocenters. The first-order chi connectivity index (χ1) is 9.34. The summed E-state index contributed by atoms with van der Waals surface area (Å²) in [4.78, 5) is 25.6. The van der Waals surface area contributed by atoms with Gasteiger partial charge in [-0.25, -0.2) is 4.79 Å². The molecule has 1 heterocycles. The minimum absolute atomic E-state index is 0.00737. The Hall–Kier alpha value is -1.84. The Bertz CT molecular complexity index is 531. The van der Waals surface area contributed by atoms with Crippen molar-refractivity contribution < 1.29 is 14.3 Å². The molecule has 1 aliphatic rings. The van der Waals surface area contributed by atoms with Crippen molar-refractivity contribution in [2.45, 2.75) is 39.7 Å². The summed E-state index contributed by atoms with van der Waals surface area (Å²) in [5.74, 6) is -0.266. The van der Waals surface area contributed by atoms with Gasteiger partial charge in [0.2, 0.25) is 5.91 Å². The van der Waals surface area contributed by atoms with E-state index >= 15 is 0 Å². The standard InChI is InChI=1S/C16H21NO3/c1-16(2,3)13-8-9-14(18)17(13)12-7-5-6-11(10-12)15(19)20-4/h5-7,10,13H,8-9H2,1-4H3. The van der Waals surface area contributed by atoms with Gasteiger partial charge >= 0.3 is 5.97 Å². The molecular weight excluding hydrogens is 254 g/mol. The number of carbonyl (C=O) groups excluding carboxylic acids is 2. The molecule has 1 unspecified atom stereocenters. The topological polar surface area (TPSA) is 46.6 Å². The van der Waals surface area contributed by atoms with Gasteiger partial charge in [-0.2, -0.15) is 0 Å². The van der Waals surface area contributed by atoms with Gasteiger partial charge in [-0.05, 0) is 30.0 Å². The van der Waals surface area contributed by atoms with Gasteiger partial charge in [-0.3, -0.25) is 4.79 Å². The summed E-state index contributed by atoms with van der Waals surface area (Å²) in [5, 5.41) is 0. The van der Waals surface area contributed by atoms with E-state index in [0.29, 0.717) is 12.0 Å². The fraction of sp³-hybridized carbons (Fsp3) is 0.500. The number of hydrogen-bond acceptors (Lipinski definition) is 3. The molecule has 20 heavy (non-hydrogen) atoms. The molecular formula is C16H21NO3. The van der Waals surface area contributed by atoms with Crippen LogP contribution in [-0.2, 0) is 9.53 Å². The lowest BCUT2D eigenvalue weighted by atomic mass is 9.85. The van der Waals surface area contributed by atoms with Crippen LogP contribution >= 0.6 is 0 Å². The molecule has 4 nitrogen and oxygen atoms in total. The third-order valence-electron chi connectivity index (χ3n) is 3.76. The molecule has 1 fully saturated rings. The Morgan fingerprint density at radius 2 is 2.05 bits per heavy atom. The second-order valence-electron chi connectivity index (χ2n) is 6.23. The van der Waals surface area contributed by atoms with Crippen molar-refractivity contribution in [3.05, 3.63) is 29.8 Å². The molecule has 1 aromatic rings. The molecule has 0 saturated carbocycles. The predicted octanol–water partition coefficient (Wildman–Crippen LogP) is 3.01. The Kier molecular flexibility index (Phi) is 3.84. The van der Waals surface area contributed by atoms with E-state index in [1.165, 1.54) is 7.11 Å². The zero-order valence-corrected chi connectivity index (χ0v) is 12.5. The zero-order valence-electron chi connectivity index (χ0n) is 12.5. The van der Waals surface area contributed by atoms with Crippen LogP contribution in [0.15, 0.2) is 24.3 Å². The van der Waals surface area contributed by atoms with Crippen LogP contribution in [0.3, 0.4) is 0 Å². The maximum atomic E-state index is 12.2. The number of ether oxygens (including phenoxy) is 1. The minimum Gasteiger partial charge on any atom is -0.465 e. The number of benzene rings is 1. The lowest BCUT2D eigenvalue weighted by molar-refractivity contribution is -0.117. The van der Waals surface area contributed by atoms with Crippen molar-refractivity contribution in [2.75, 3.05) is 12.0 Å². The number of methoxy groups -OCH3 is 1. The van der Waals surface area contributed by atoms with Crippen molar-refractivity contribution in [3.63, 3.8) is 0 Å². The fourth-order valence-electron chi connectivity index (χ4n) is 2.73. The van der Waals surface area contributed by atoms with E-state index in [0.717, 1.165) is 12.1 Å². The van der Waals surface area contributed by atoms with Crippen molar-refractivity contribution in [1.82, 2.24) is 0 Å². The number of esters is 1. The van der Waals surface area contributed by atoms with Gasteiger partial charge in [0.1, 0.15) is 0 Å². The molecule has 108 valence electrons. The third-order valence-corrected chi connectivity index (χ3v) is 3.76. The van der Waals surface area contributed by atoms with Crippen molar-refractivity contribution >= 4 is 17.6 Å². The lowest BCUT2D eigenvalue weighted by Crippen LogP contribution is -2.41. The highest BCUT2D eigenvalue weighted by Gasteiger charge is 2.39. The maximum absolute atomic E-state index is 12.2. The average molecular weight is 275 g/mol. The smallest absolute Gasteiger partial charge is 0.337 e. The van der Waals surface area contributed by atoms with Gasteiger partial charge in [0.15, 0.2) is 0 Å². The molecule has 0 aromatic heterocycles. The molecule has 1 aliphatic heterocycles. The highest BCUT2D eigenvalue weighted by atomic mass is 16.5. The molecule has 0 N–H and O–H groups in total. The van der Waals surface area contributed by atoms with E-state index in [1.54, 1.807) is 18.2 Å². The first-order valence-electron chi connectivity index (χ1n) is 6.85. The SMILES string of the molecule is COC(=O)c1cccc(N2C(=O)CCC2C(C)(C)C)c1. The van der Waals surface area contributed by atoms with Gasteiger partial charge in [0.25, 0.3) is 0 Å². The summed E-state index contributed by atoms with van der Waals surface area (Å²) in [7, 11) is 1.36. The van der Waals surface area contributed by atoms with Crippen LogP contribution in [0.2, 0.25) is 0 Å². The number of hydrogen-bond donors (Lipinski definition) is 0. The van der Waals surface area contributed by atoms with Crippen molar-refractivity contribution in [1.29, 1.82) is 0 Å². The normalized spacial score (nSPS) is 19.3. The van der Waals surface area contributed by atoms with Crippen LogP contribution in [0.5, 0.6) is 0 Å². The van der Waals surface area contributed by atoms with Gasteiger partial charge < -0.3 is 9.64 Å². The van der Waals surface area contributed by atoms with Crippen LogP contribution in [0, 0.1) is 5.41 Å². The van der Waals surface area contributed by atoms with Crippen LogP contribution < -0.4 is 4.90 Å². The molecule has 0 bridgehead atoms. The number of amides is 1. The first-order valence-corrected chi connectivity index (χ1v) is 6.85. The number of anilines is 1. The second-order valence-corrected chi connectivity index (χ2v) is 6.23. The first kappa shape index (κ1) is 14.6. The molecule has 4 heteroatoms. The molecule has 0 radical (unpaired) electrons. The molecule has 0 aliphatic carbocycles. The number of nitrogens with zero attached hydrogens (tertiary/aromatic N) is 1. The summed E-state index contributed by atoms with van der Waals surface area (Å²) in [6.07, 6.45) is 1.41. The van der Waals surface area contributed by atoms with Crippen LogP contribution in [0.1, 0.15) is 44.0 Å². The summed E-state index contributed by atoms with van der Waals surface area (Å²) in [6, 6.07) is 7.24. The lowest BCUT2D eigenvalue weighted by Gasteiger charge is -2.35. The quantitative estimate of drug-likeness (QED) is 0.779. The minimum atomic E-state index is -0.384. The number of carbonyl (C=O) groups is 2. The van der Waals surface area contributed by atoms with Gasteiger partial charge in [-0.1, -0.05) is 26.8 Å². The second kappa shape index (κ2) is 5.27. The van der Waals surface area contributed by atoms with Gasteiger partial charge in [0, 0.05) is 18.2 Å². The molecule has 2 rings (SSSR count). The van der Waals surface area contributed by atoms with Crippen molar-refractivity contribution in [2.24, 2.45) is 5.41 Å². The van der Waals surface area contributed by atoms with Crippen molar-refractivity contribution in [3.8, 4) is 0 Å². The summed E-state index contributed by atoms with van der Waals surface area (Å²) < 4.78 is 4.73. The number of rotatable bonds is 2. The highest BCUT2D eigenvalue weighted by molar-refractivity contribution is 5.98. The Morgan fingerprint density at radius 1 is 1.35 bits per heavy atom. The average Bonchev–Trinajstić information content (AvgIpc) is 2.80. The van der Waals surface area contributed by atoms with E-state index in [4.69, 9.17) is 4.74 Å². The van der Waals surface area contributed by atoms with Gasteiger partial charge in [-0.15, -0.1) is 0 Å². The predicted molar refractivity (Wildman–Crippen MR) is 77.7 cm³/mol. The summed E-state index contributed by atoms with van der Waals surface area (Å²) in [5.41, 5.74) is 1.25. The largest absolute Gasteiger partial charge is 0.465 e. The Morgan fingerprint density at radius 3 is 2.65 bits per heavy atom. The maximum Gasteiger partial charge on any atom is 0.337 e. The van der Waals surface area contributed by atoms with Crippen LogP contribution in [0.25, 0.3) is 0 Å². The molecule has 1 aromatic carbocycles. The zero-order chi connectivity index (χ0) is 14.9. The van der Waals surface area contributed by atoms with Crippen LogP contribution in [0.4, 0.5) is 5.69 Å². The third kappa shape index (κ3) is 2.69. The monoisotopic (exact) mass is 275 g/mol. The van der Waals surface area contributed by atoms with E-state index in [-0.39, 0.29) is 23.3 Å².